The molecule has 0 saturated carbocycles. The van der Waals surface area contributed by atoms with E-state index in [4.69, 9.17) is 10.5 Å². The Morgan fingerprint density at radius 1 is 1.47 bits per heavy atom. The van der Waals surface area contributed by atoms with Crippen LogP contribution in [-0.4, -0.2) is 19.1 Å². The van der Waals surface area contributed by atoms with E-state index in [-0.39, 0.29) is 11.9 Å². The summed E-state index contributed by atoms with van der Waals surface area (Å²) in [6.07, 6.45) is -0.549. The van der Waals surface area contributed by atoms with E-state index in [9.17, 15) is 4.79 Å². The third kappa shape index (κ3) is 3.71. The summed E-state index contributed by atoms with van der Waals surface area (Å²) in [6.45, 7) is 3.57. The van der Waals surface area contributed by atoms with Crippen molar-refractivity contribution in [1.29, 1.82) is 0 Å². The van der Waals surface area contributed by atoms with Crippen LogP contribution in [-0.2, 0) is 4.79 Å². The van der Waals surface area contributed by atoms with Gasteiger partial charge in [-0.25, -0.2) is 0 Å². The third-order valence-corrected chi connectivity index (χ3v) is 2.88. The van der Waals surface area contributed by atoms with E-state index in [2.05, 4.69) is 21.2 Å². The van der Waals surface area contributed by atoms with Crippen LogP contribution in [0.3, 0.4) is 0 Å². The molecular weight excluding hydrogens is 284 g/mol. The molecule has 0 aromatic heterocycles. The van der Waals surface area contributed by atoms with E-state index in [0.717, 1.165) is 10.0 Å². The Morgan fingerprint density at radius 3 is 2.65 bits per heavy atom. The number of ether oxygens (including phenoxy) is 1. The highest BCUT2D eigenvalue weighted by molar-refractivity contribution is 9.10. The normalized spacial score (nSPS) is 13.9. The highest BCUT2D eigenvalue weighted by atomic mass is 79.9. The molecule has 1 aromatic carbocycles. The fourth-order valence-electron chi connectivity index (χ4n) is 1.43. The highest BCUT2D eigenvalue weighted by Crippen LogP contribution is 2.28. The van der Waals surface area contributed by atoms with E-state index in [1.807, 2.05) is 25.1 Å². The number of likely N-dealkylation sites (N-methyl/N-ethyl adjacent to an activating group) is 1. The number of nitrogens with one attached hydrogen (secondary N) is 1. The van der Waals surface area contributed by atoms with E-state index in [1.165, 1.54) is 0 Å². The largest absolute Gasteiger partial charge is 0.481 e. The molecule has 0 radical (unpaired) electrons. The first-order valence-corrected chi connectivity index (χ1v) is 6.18. The smallest absolute Gasteiger partial charge is 0.260 e. The maximum absolute atomic E-state index is 11.4. The molecule has 0 aliphatic rings. The first-order valence-electron chi connectivity index (χ1n) is 5.39. The predicted octanol–water partition coefficient (Wildman–Crippen LogP) is 1.98. The number of hydrogen-bond acceptors (Lipinski definition) is 3. The topological polar surface area (TPSA) is 64.3 Å². The molecule has 1 aromatic rings. The molecule has 3 N–H and O–H groups in total. The number of benzene rings is 1. The average Bonchev–Trinajstić information content (AvgIpc) is 2.27. The van der Waals surface area contributed by atoms with Gasteiger partial charge in [0.1, 0.15) is 5.75 Å². The second-order valence-corrected chi connectivity index (χ2v) is 4.76. The van der Waals surface area contributed by atoms with Gasteiger partial charge in [0, 0.05) is 23.1 Å². The van der Waals surface area contributed by atoms with Crippen LogP contribution in [0, 0.1) is 0 Å². The minimum absolute atomic E-state index is 0.144. The Labute approximate surface area is 110 Å². The van der Waals surface area contributed by atoms with Crippen LogP contribution < -0.4 is 15.8 Å². The molecule has 2 unspecified atom stereocenters. The molecule has 1 amide bonds. The summed E-state index contributed by atoms with van der Waals surface area (Å²) in [5.74, 6) is 0.464. The fraction of sp³-hybridized carbons (Fsp3) is 0.417. The van der Waals surface area contributed by atoms with Crippen molar-refractivity contribution < 1.29 is 9.53 Å². The Balaban J connectivity index is 2.96. The van der Waals surface area contributed by atoms with Crippen molar-refractivity contribution in [2.45, 2.75) is 26.0 Å². The number of hydrogen-bond donors (Lipinski definition) is 2. The summed E-state index contributed by atoms with van der Waals surface area (Å²) in [5, 5.41) is 2.54. The van der Waals surface area contributed by atoms with Gasteiger partial charge in [0.15, 0.2) is 6.10 Å². The van der Waals surface area contributed by atoms with Crippen molar-refractivity contribution in [2.24, 2.45) is 5.73 Å². The summed E-state index contributed by atoms with van der Waals surface area (Å²) in [5.41, 5.74) is 6.73. The van der Waals surface area contributed by atoms with Gasteiger partial charge >= 0.3 is 0 Å². The first kappa shape index (κ1) is 14.0. The molecule has 0 fully saturated rings. The number of halogens is 1. The van der Waals surface area contributed by atoms with Gasteiger partial charge in [0.05, 0.1) is 0 Å². The minimum Gasteiger partial charge on any atom is -0.481 e. The Bertz CT molecular complexity index is 407. The summed E-state index contributed by atoms with van der Waals surface area (Å²) >= 11 is 3.37. The molecule has 0 aliphatic heterocycles. The quantitative estimate of drug-likeness (QED) is 0.894. The molecule has 1 rings (SSSR count). The van der Waals surface area contributed by atoms with Crippen LogP contribution in [0.1, 0.15) is 25.5 Å². The lowest BCUT2D eigenvalue weighted by Gasteiger charge is -2.18. The molecule has 2 atom stereocenters. The van der Waals surface area contributed by atoms with E-state index in [0.29, 0.717) is 5.75 Å². The number of carbonyl (C=O) groups excluding carboxylic acids is 1. The van der Waals surface area contributed by atoms with Crippen molar-refractivity contribution in [2.75, 3.05) is 7.05 Å². The van der Waals surface area contributed by atoms with E-state index >= 15 is 0 Å². The summed E-state index contributed by atoms with van der Waals surface area (Å²) in [6, 6.07) is 5.46. The predicted molar refractivity (Wildman–Crippen MR) is 70.9 cm³/mol. The van der Waals surface area contributed by atoms with Gasteiger partial charge in [-0.3, -0.25) is 4.79 Å². The lowest BCUT2D eigenvalue weighted by molar-refractivity contribution is -0.126. The number of rotatable bonds is 4. The maximum atomic E-state index is 11.4. The Morgan fingerprint density at radius 2 is 2.12 bits per heavy atom. The minimum atomic E-state index is -0.549. The van der Waals surface area contributed by atoms with Crippen molar-refractivity contribution >= 4 is 21.8 Å². The van der Waals surface area contributed by atoms with Crippen LogP contribution in [0.5, 0.6) is 5.75 Å². The van der Waals surface area contributed by atoms with Crippen molar-refractivity contribution in [3.05, 3.63) is 28.2 Å². The standard InChI is InChI=1S/C12H17BrN2O2/c1-7(14)10-5-4-9(13)6-11(10)17-8(2)12(16)15-3/h4-8H,14H2,1-3H3,(H,15,16). The monoisotopic (exact) mass is 300 g/mol. The molecule has 4 nitrogen and oxygen atoms in total. The van der Waals surface area contributed by atoms with Crippen molar-refractivity contribution in [1.82, 2.24) is 5.32 Å². The van der Waals surface area contributed by atoms with E-state index < -0.39 is 6.10 Å². The summed E-state index contributed by atoms with van der Waals surface area (Å²) < 4.78 is 6.51. The zero-order chi connectivity index (χ0) is 13.0. The maximum Gasteiger partial charge on any atom is 0.260 e. The van der Waals surface area contributed by atoms with Gasteiger partial charge in [-0.2, -0.15) is 0 Å². The summed E-state index contributed by atoms with van der Waals surface area (Å²) in [7, 11) is 1.58. The van der Waals surface area contributed by atoms with Crippen LogP contribution >= 0.6 is 15.9 Å². The number of amides is 1. The number of nitrogens with two attached hydrogens (primary N) is 1. The second-order valence-electron chi connectivity index (χ2n) is 3.85. The number of carbonyl (C=O) groups is 1. The van der Waals surface area contributed by atoms with E-state index in [1.54, 1.807) is 14.0 Å². The van der Waals surface area contributed by atoms with Crippen molar-refractivity contribution in [3.63, 3.8) is 0 Å². The Hall–Kier alpha value is -1.07. The molecular formula is C12H17BrN2O2. The van der Waals surface area contributed by atoms with Gasteiger partial charge in [-0.1, -0.05) is 22.0 Å². The lowest BCUT2D eigenvalue weighted by atomic mass is 10.1. The Kier molecular flexibility index (Phi) is 4.96. The first-order chi connectivity index (χ1) is 7.95. The lowest BCUT2D eigenvalue weighted by Crippen LogP contribution is -2.34. The van der Waals surface area contributed by atoms with Crippen LogP contribution in [0.4, 0.5) is 0 Å². The summed E-state index contributed by atoms with van der Waals surface area (Å²) in [4.78, 5) is 11.4. The van der Waals surface area contributed by atoms with Gasteiger partial charge < -0.3 is 15.8 Å². The van der Waals surface area contributed by atoms with Gasteiger partial charge in [0.2, 0.25) is 0 Å². The zero-order valence-corrected chi connectivity index (χ0v) is 11.7. The molecule has 0 heterocycles. The molecule has 0 bridgehead atoms. The van der Waals surface area contributed by atoms with Gasteiger partial charge in [-0.05, 0) is 26.0 Å². The van der Waals surface area contributed by atoms with Crippen LogP contribution in [0.2, 0.25) is 0 Å². The van der Waals surface area contributed by atoms with Crippen molar-refractivity contribution in [3.8, 4) is 5.75 Å². The molecule has 0 spiro atoms. The molecule has 0 saturated heterocycles. The SMILES string of the molecule is CNC(=O)C(C)Oc1cc(Br)ccc1C(C)N. The average molecular weight is 301 g/mol. The fourth-order valence-corrected chi connectivity index (χ4v) is 1.77. The molecule has 94 valence electrons. The molecule has 17 heavy (non-hydrogen) atoms. The highest BCUT2D eigenvalue weighted by Gasteiger charge is 2.16. The molecule has 5 heteroatoms. The van der Waals surface area contributed by atoms with Crippen LogP contribution in [0.15, 0.2) is 22.7 Å². The van der Waals surface area contributed by atoms with Gasteiger partial charge in [0.25, 0.3) is 5.91 Å². The van der Waals surface area contributed by atoms with Crippen LogP contribution in [0.25, 0.3) is 0 Å². The molecule has 0 aliphatic carbocycles. The second kappa shape index (κ2) is 6.02. The van der Waals surface area contributed by atoms with Gasteiger partial charge in [-0.15, -0.1) is 0 Å². The third-order valence-electron chi connectivity index (χ3n) is 2.39. The zero-order valence-electron chi connectivity index (χ0n) is 10.2.